The minimum Gasteiger partial charge on any atom is -0.330 e. The van der Waals surface area contributed by atoms with Gasteiger partial charge in [0.2, 0.25) is 10.0 Å². The minimum absolute atomic E-state index is 0.0582. The van der Waals surface area contributed by atoms with Crippen molar-refractivity contribution < 1.29 is 12.8 Å². The van der Waals surface area contributed by atoms with Crippen molar-refractivity contribution in [3.05, 3.63) is 29.6 Å². The molecule has 0 aliphatic carbocycles. The summed E-state index contributed by atoms with van der Waals surface area (Å²) in [5.41, 5.74) is 6.27. The normalized spacial score (nSPS) is 24.8. The van der Waals surface area contributed by atoms with Gasteiger partial charge in [0.1, 0.15) is 5.82 Å². The van der Waals surface area contributed by atoms with Gasteiger partial charge in [0, 0.05) is 13.1 Å². The largest absolute Gasteiger partial charge is 0.330 e. The zero-order valence-corrected chi connectivity index (χ0v) is 12.7. The molecule has 2 atom stereocenters. The predicted molar refractivity (Wildman–Crippen MR) is 76.2 cm³/mol. The second kappa shape index (κ2) is 5.79. The molecule has 1 aromatic carbocycles. The molecule has 0 bridgehead atoms. The van der Waals surface area contributed by atoms with Gasteiger partial charge in [-0.05, 0) is 49.4 Å². The second-order valence-electron chi connectivity index (χ2n) is 5.53. The highest BCUT2D eigenvalue weighted by atomic mass is 32.2. The van der Waals surface area contributed by atoms with Gasteiger partial charge < -0.3 is 5.73 Å². The lowest BCUT2D eigenvalue weighted by atomic mass is 9.88. The van der Waals surface area contributed by atoms with Gasteiger partial charge in [-0.15, -0.1) is 0 Å². The fourth-order valence-corrected chi connectivity index (χ4v) is 4.38. The second-order valence-corrected chi connectivity index (χ2v) is 7.44. The molecule has 1 saturated heterocycles. The standard InChI is InChI=1S/C14H21FN2O2S/c1-10-5-6-17(9-12(10)8-16)20(18,19)14-7-13(15)4-3-11(14)2/h3-4,7,10,12H,5-6,8-9,16H2,1-2H3. The summed E-state index contributed by atoms with van der Waals surface area (Å²) in [5, 5.41) is 0. The van der Waals surface area contributed by atoms with Gasteiger partial charge in [-0.25, -0.2) is 12.8 Å². The molecule has 0 aromatic heterocycles. The molecule has 2 rings (SSSR count). The first-order valence-corrected chi connectivity index (χ1v) is 8.26. The average Bonchev–Trinajstić information content (AvgIpc) is 2.41. The van der Waals surface area contributed by atoms with Crippen molar-refractivity contribution >= 4 is 10.0 Å². The van der Waals surface area contributed by atoms with Crippen molar-refractivity contribution in [2.75, 3.05) is 19.6 Å². The molecule has 1 heterocycles. The SMILES string of the molecule is Cc1ccc(F)cc1S(=O)(=O)N1CCC(C)C(CN)C1. The Kier molecular flexibility index (Phi) is 4.46. The Morgan fingerprint density at radius 1 is 1.45 bits per heavy atom. The number of benzene rings is 1. The number of sulfonamides is 1. The number of nitrogens with zero attached hydrogens (tertiary/aromatic N) is 1. The van der Waals surface area contributed by atoms with Crippen LogP contribution in [0.1, 0.15) is 18.9 Å². The molecule has 1 aliphatic heterocycles. The fraction of sp³-hybridized carbons (Fsp3) is 0.571. The van der Waals surface area contributed by atoms with Crippen LogP contribution in [-0.2, 0) is 10.0 Å². The van der Waals surface area contributed by atoms with Gasteiger partial charge in [0.15, 0.2) is 0 Å². The predicted octanol–water partition coefficient (Wildman–Crippen LogP) is 1.74. The fourth-order valence-electron chi connectivity index (χ4n) is 2.63. The van der Waals surface area contributed by atoms with E-state index in [1.54, 1.807) is 6.92 Å². The number of halogens is 1. The summed E-state index contributed by atoms with van der Waals surface area (Å²) >= 11 is 0. The first-order chi connectivity index (χ1) is 9.36. The van der Waals surface area contributed by atoms with E-state index in [1.165, 1.54) is 16.4 Å². The van der Waals surface area contributed by atoms with E-state index in [9.17, 15) is 12.8 Å². The number of aryl methyl sites for hydroxylation is 1. The molecule has 0 saturated carbocycles. The van der Waals surface area contributed by atoms with E-state index in [0.717, 1.165) is 12.5 Å². The Balaban J connectivity index is 2.33. The molecule has 1 fully saturated rings. The quantitative estimate of drug-likeness (QED) is 0.925. The Hall–Kier alpha value is -0.980. The van der Waals surface area contributed by atoms with E-state index < -0.39 is 15.8 Å². The zero-order chi connectivity index (χ0) is 14.9. The molecule has 0 amide bonds. The first kappa shape index (κ1) is 15.4. The third kappa shape index (κ3) is 2.87. The minimum atomic E-state index is -3.64. The lowest BCUT2D eigenvalue weighted by Crippen LogP contribution is -2.45. The summed E-state index contributed by atoms with van der Waals surface area (Å²) in [6.07, 6.45) is 0.787. The van der Waals surface area contributed by atoms with Gasteiger partial charge in [0.05, 0.1) is 4.90 Å². The maximum atomic E-state index is 13.3. The summed E-state index contributed by atoms with van der Waals surface area (Å²) in [6.45, 7) is 5.12. The number of hydrogen-bond acceptors (Lipinski definition) is 3. The molecule has 0 spiro atoms. The number of piperidine rings is 1. The molecule has 2 N–H and O–H groups in total. The topological polar surface area (TPSA) is 63.4 Å². The van der Waals surface area contributed by atoms with Gasteiger partial charge >= 0.3 is 0 Å². The monoisotopic (exact) mass is 300 g/mol. The van der Waals surface area contributed by atoms with Crippen LogP contribution in [0.25, 0.3) is 0 Å². The van der Waals surface area contributed by atoms with E-state index in [-0.39, 0.29) is 10.8 Å². The van der Waals surface area contributed by atoms with Crippen molar-refractivity contribution in [2.24, 2.45) is 17.6 Å². The Bertz CT molecular complexity index is 589. The van der Waals surface area contributed by atoms with Crippen LogP contribution in [0, 0.1) is 24.6 Å². The molecule has 4 nitrogen and oxygen atoms in total. The molecule has 2 unspecified atom stereocenters. The van der Waals surface area contributed by atoms with Crippen LogP contribution in [0.15, 0.2) is 23.1 Å². The third-order valence-electron chi connectivity index (χ3n) is 4.15. The molecule has 1 aliphatic rings. The van der Waals surface area contributed by atoms with Crippen LogP contribution in [-0.4, -0.2) is 32.4 Å². The summed E-state index contributed by atoms with van der Waals surface area (Å²) in [5.74, 6) is 0.0439. The first-order valence-electron chi connectivity index (χ1n) is 6.82. The van der Waals surface area contributed by atoms with Crippen LogP contribution in [0.4, 0.5) is 4.39 Å². The Morgan fingerprint density at radius 2 is 2.15 bits per heavy atom. The summed E-state index contributed by atoms with van der Waals surface area (Å²) in [4.78, 5) is 0.0582. The van der Waals surface area contributed by atoms with Crippen molar-refractivity contribution in [2.45, 2.75) is 25.2 Å². The summed E-state index contributed by atoms with van der Waals surface area (Å²) in [6, 6.07) is 3.87. The average molecular weight is 300 g/mol. The van der Waals surface area contributed by atoms with E-state index in [4.69, 9.17) is 5.73 Å². The maximum Gasteiger partial charge on any atom is 0.243 e. The molecular weight excluding hydrogens is 279 g/mol. The molecule has 1 aromatic rings. The van der Waals surface area contributed by atoms with E-state index >= 15 is 0 Å². The van der Waals surface area contributed by atoms with Crippen LogP contribution >= 0.6 is 0 Å². The van der Waals surface area contributed by atoms with E-state index in [1.807, 2.05) is 0 Å². The van der Waals surface area contributed by atoms with Crippen LogP contribution in [0.5, 0.6) is 0 Å². The van der Waals surface area contributed by atoms with Crippen LogP contribution < -0.4 is 5.73 Å². The van der Waals surface area contributed by atoms with Crippen LogP contribution in [0.2, 0.25) is 0 Å². The van der Waals surface area contributed by atoms with Gasteiger partial charge in [-0.3, -0.25) is 0 Å². The highest BCUT2D eigenvalue weighted by Gasteiger charge is 2.33. The highest BCUT2D eigenvalue weighted by molar-refractivity contribution is 7.89. The van der Waals surface area contributed by atoms with Crippen molar-refractivity contribution in [1.29, 1.82) is 0 Å². The molecule has 20 heavy (non-hydrogen) atoms. The number of rotatable bonds is 3. The maximum absolute atomic E-state index is 13.3. The summed E-state index contributed by atoms with van der Waals surface area (Å²) < 4.78 is 40.1. The van der Waals surface area contributed by atoms with Gasteiger partial charge in [-0.2, -0.15) is 4.31 Å². The van der Waals surface area contributed by atoms with Crippen molar-refractivity contribution in [3.8, 4) is 0 Å². The smallest absolute Gasteiger partial charge is 0.243 e. The third-order valence-corrected chi connectivity index (χ3v) is 6.15. The van der Waals surface area contributed by atoms with Crippen LogP contribution in [0.3, 0.4) is 0 Å². The van der Waals surface area contributed by atoms with E-state index in [2.05, 4.69) is 6.92 Å². The lowest BCUT2D eigenvalue weighted by molar-refractivity contribution is 0.203. The summed E-state index contributed by atoms with van der Waals surface area (Å²) in [7, 11) is -3.64. The Labute approximate surface area is 119 Å². The van der Waals surface area contributed by atoms with Crippen molar-refractivity contribution in [3.63, 3.8) is 0 Å². The molecule has 112 valence electrons. The molecular formula is C14H21FN2O2S. The van der Waals surface area contributed by atoms with E-state index in [0.29, 0.717) is 31.1 Å². The zero-order valence-electron chi connectivity index (χ0n) is 11.8. The Morgan fingerprint density at radius 3 is 2.80 bits per heavy atom. The molecule has 6 heteroatoms. The number of nitrogens with two attached hydrogens (primary N) is 1. The van der Waals surface area contributed by atoms with Gasteiger partial charge in [-0.1, -0.05) is 13.0 Å². The lowest BCUT2D eigenvalue weighted by Gasteiger charge is -2.35. The highest BCUT2D eigenvalue weighted by Crippen LogP contribution is 2.28. The van der Waals surface area contributed by atoms with Crippen molar-refractivity contribution in [1.82, 2.24) is 4.31 Å². The van der Waals surface area contributed by atoms with Gasteiger partial charge in [0.25, 0.3) is 0 Å². The number of hydrogen-bond donors (Lipinski definition) is 1. The molecule has 0 radical (unpaired) electrons.